The molecule has 2 aromatic heterocycles. The van der Waals surface area contributed by atoms with Crippen molar-refractivity contribution in [3.63, 3.8) is 0 Å². The highest BCUT2D eigenvalue weighted by molar-refractivity contribution is 7.99. The number of aromatic nitrogens is 5. The van der Waals surface area contributed by atoms with E-state index in [2.05, 4.69) is 25.8 Å². The van der Waals surface area contributed by atoms with Crippen LogP contribution in [0.2, 0.25) is 0 Å². The molecule has 1 N–H and O–H groups in total. The number of nitrogens with zero attached hydrogens (tertiary/aromatic N) is 5. The number of thioether (sulfide) groups is 1. The zero-order valence-electron chi connectivity index (χ0n) is 14.7. The Morgan fingerprint density at radius 1 is 1.10 bits per heavy atom. The van der Waals surface area contributed by atoms with Gasteiger partial charge in [-0.25, -0.2) is 4.98 Å². The summed E-state index contributed by atoms with van der Waals surface area (Å²) in [5.74, 6) is -0.230. The van der Waals surface area contributed by atoms with Crippen LogP contribution in [0.3, 0.4) is 0 Å². The van der Waals surface area contributed by atoms with Gasteiger partial charge in [0.15, 0.2) is 10.8 Å². The van der Waals surface area contributed by atoms with Gasteiger partial charge in [-0.1, -0.05) is 36.0 Å². The van der Waals surface area contributed by atoms with Gasteiger partial charge in [0.05, 0.1) is 16.8 Å². The Labute approximate surface area is 166 Å². The van der Waals surface area contributed by atoms with Gasteiger partial charge in [-0.3, -0.25) is 4.79 Å². The molecule has 2 aromatic carbocycles. The average Bonchev–Trinajstić information content (AvgIpc) is 3.20. The normalized spacial score (nSPS) is 11.8. The molecule has 4 rings (SSSR count). The van der Waals surface area contributed by atoms with E-state index >= 15 is 0 Å². The molecule has 11 heteroatoms. The second-order valence-corrected chi connectivity index (χ2v) is 7.03. The lowest BCUT2D eigenvalue weighted by Crippen LogP contribution is -2.24. The van der Waals surface area contributed by atoms with E-state index in [0.717, 1.165) is 17.5 Å². The van der Waals surface area contributed by atoms with Crippen molar-refractivity contribution in [2.24, 2.45) is 0 Å². The Morgan fingerprint density at radius 2 is 1.86 bits per heavy atom. The van der Waals surface area contributed by atoms with Crippen molar-refractivity contribution in [3.05, 3.63) is 59.7 Å². The Balaban J connectivity index is 1.40. The molecule has 0 saturated heterocycles. The summed E-state index contributed by atoms with van der Waals surface area (Å²) in [6.45, 7) is 0.128. The van der Waals surface area contributed by atoms with Crippen LogP contribution in [0.15, 0.2) is 53.7 Å². The lowest BCUT2D eigenvalue weighted by atomic mass is 10.1. The number of benzene rings is 2. The summed E-state index contributed by atoms with van der Waals surface area (Å²) in [5, 5.41) is 15.5. The maximum atomic E-state index is 12.6. The van der Waals surface area contributed by atoms with Gasteiger partial charge >= 0.3 is 6.18 Å². The molecule has 0 fully saturated rings. The molecule has 0 unspecified atom stereocenters. The molecule has 0 spiro atoms. The Hall–Kier alpha value is -3.21. The fourth-order valence-electron chi connectivity index (χ4n) is 2.68. The van der Waals surface area contributed by atoms with E-state index in [9.17, 15) is 18.0 Å². The molecule has 0 saturated carbocycles. The summed E-state index contributed by atoms with van der Waals surface area (Å²) in [6.07, 6.45) is -4.38. The average molecular weight is 418 g/mol. The topological polar surface area (TPSA) is 85.1 Å². The number of fused-ring (bicyclic) bond motifs is 3. The van der Waals surface area contributed by atoms with Crippen LogP contribution < -0.4 is 5.32 Å². The van der Waals surface area contributed by atoms with Crippen LogP contribution in [0.25, 0.3) is 16.6 Å². The van der Waals surface area contributed by atoms with Crippen molar-refractivity contribution in [2.45, 2.75) is 17.9 Å². The van der Waals surface area contributed by atoms with E-state index in [4.69, 9.17) is 0 Å². The molecule has 0 bridgehead atoms. The second kappa shape index (κ2) is 7.66. The number of carbonyl (C=O) groups excluding carboxylic acids is 1. The number of amides is 1. The van der Waals surface area contributed by atoms with Crippen molar-refractivity contribution in [1.82, 2.24) is 30.3 Å². The van der Waals surface area contributed by atoms with Crippen LogP contribution in [0, 0.1) is 0 Å². The lowest BCUT2D eigenvalue weighted by molar-refractivity contribution is -0.137. The van der Waals surface area contributed by atoms with E-state index in [-0.39, 0.29) is 18.2 Å². The van der Waals surface area contributed by atoms with Gasteiger partial charge in [0.2, 0.25) is 5.91 Å². The molecule has 4 aromatic rings. The van der Waals surface area contributed by atoms with Gasteiger partial charge in [0.1, 0.15) is 0 Å². The number of hydrogen-bond donors (Lipinski definition) is 1. The zero-order chi connectivity index (χ0) is 20.4. The molecule has 0 aliphatic rings. The summed E-state index contributed by atoms with van der Waals surface area (Å²) in [4.78, 5) is 16.6. The van der Waals surface area contributed by atoms with E-state index in [0.29, 0.717) is 21.9 Å². The van der Waals surface area contributed by atoms with E-state index in [1.807, 2.05) is 24.3 Å². The van der Waals surface area contributed by atoms with Crippen molar-refractivity contribution >= 4 is 34.2 Å². The minimum atomic E-state index is -4.38. The fourth-order valence-corrected chi connectivity index (χ4v) is 3.45. The van der Waals surface area contributed by atoms with Crippen LogP contribution in [-0.2, 0) is 17.5 Å². The van der Waals surface area contributed by atoms with E-state index in [1.54, 1.807) is 0 Å². The molecule has 0 aliphatic carbocycles. The first-order valence-electron chi connectivity index (χ1n) is 8.44. The summed E-state index contributed by atoms with van der Waals surface area (Å²) in [5.41, 5.74) is 1.10. The first kappa shape index (κ1) is 19.1. The standard InChI is InChI=1S/C18H13F3N6OS/c19-18(20,21)12-7-5-11(6-8-12)9-22-15(28)10-29-17-23-14-4-2-1-3-13(14)16-24-25-26-27(16)17/h1-8H,9-10H2,(H,22,28). The zero-order valence-corrected chi connectivity index (χ0v) is 15.5. The molecular weight excluding hydrogens is 405 g/mol. The number of alkyl halides is 3. The van der Waals surface area contributed by atoms with Crippen molar-refractivity contribution in [2.75, 3.05) is 5.75 Å². The predicted octanol–water partition coefficient (Wildman–Crippen LogP) is 3.10. The van der Waals surface area contributed by atoms with Crippen LogP contribution in [0.4, 0.5) is 13.2 Å². The van der Waals surface area contributed by atoms with Gasteiger partial charge in [-0.2, -0.15) is 17.7 Å². The van der Waals surface area contributed by atoms with Gasteiger partial charge in [-0.15, -0.1) is 5.10 Å². The summed E-state index contributed by atoms with van der Waals surface area (Å²) in [7, 11) is 0. The number of nitrogens with one attached hydrogen (secondary N) is 1. The summed E-state index contributed by atoms with van der Waals surface area (Å²) in [6, 6.07) is 12.1. The molecule has 148 valence electrons. The Morgan fingerprint density at radius 3 is 2.62 bits per heavy atom. The third-order valence-electron chi connectivity index (χ3n) is 4.12. The van der Waals surface area contributed by atoms with Gasteiger partial charge in [0, 0.05) is 11.9 Å². The minimum Gasteiger partial charge on any atom is -0.351 e. The molecule has 2 heterocycles. The van der Waals surface area contributed by atoms with Crippen molar-refractivity contribution in [3.8, 4) is 0 Å². The smallest absolute Gasteiger partial charge is 0.351 e. The molecule has 7 nitrogen and oxygen atoms in total. The number of rotatable bonds is 5. The van der Waals surface area contributed by atoms with Crippen molar-refractivity contribution in [1.29, 1.82) is 0 Å². The van der Waals surface area contributed by atoms with Crippen LogP contribution >= 0.6 is 11.8 Å². The van der Waals surface area contributed by atoms with Crippen LogP contribution in [-0.4, -0.2) is 36.7 Å². The van der Waals surface area contributed by atoms with E-state index in [1.165, 1.54) is 28.4 Å². The second-order valence-electron chi connectivity index (χ2n) is 6.09. The third-order valence-corrected chi connectivity index (χ3v) is 5.04. The lowest BCUT2D eigenvalue weighted by Gasteiger charge is -2.09. The maximum absolute atomic E-state index is 12.6. The van der Waals surface area contributed by atoms with Crippen LogP contribution in [0.5, 0.6) is 0 Å². The summed E-state index contributed by atoms with van der Waals surface area (Å²) >= 11 is 1.17. The third kappa shape index (κ3) is 4.14. The molecule has 0 atom stereocenters. The maximum Gasteiger partial charge on any atom is 0.416 e. The molecule has 1 amide bonds. The van der Waals surface area contributed by atoms with Gasteiger partial charge < -0.3 is 5.32 Å². The highest BCUT2D eigenvalue weighted by Crippen LogP contribution is 2.29. The molecule has 0 aliphatic heterocycles. The largest absolute Gasteiger partial charge is 0.416 e. The van der Waals surface area contributed by atoms with Crippen LogP contribution in [0.1, 0.15) is 11.1 Å². The van der Waals surface area contributed by atoms with Crippen molar-refractivity contribution < 1.29 is 18.0 Å². The van der Waals surface area contributed by atoms with Gasteiger partial charge in [0.25, 0.3) is 0 Å². The molecular formula is C18H13F3N6OS. The highest BCUT2D eigenvalue weighted by Gasteiger charge is 2.29. The number of halogens is 3. The highest BCUT2D eigenvalue weighted by atomic mass is 32.2. The Bertz CT molecular complexity index is 1180. The minimum absolute atomic E-state index is 0.0565. The first-order valence-corrected chi connectivity index (χ1v) is 9.43. The monoisotopic (exact) mass is 418 g/mol. The fraction of sp³-hybridized carbons (Fsp3) is 0.167. The molecule has 0 radical (unpaired) electrons. The quantitative estimate of drug-likeness (QED) is 0.396. The van der Waals surface area contributed by atoms with Gasteiger partial charge in [-0.05, 0) is 40.3 Å². The molecule has 29 heavy (non-hydrogen) atoms. The number of tetrazole rings is 1. The summed E-state index contributed by atoms with van der Waals surface area (Å²) < 4.78 is 39.2. The number of hydrogen-bond acceptors (Lipinski definition) is 6. The number of para-hydroxylation sites is 1. The SMILES string of the molecule is O=C(CSc1nc2ccccc2c2nnnn12)NCc1ccc(C(F)(F)F)cc1. The Kier molecular flexibility index (Phi) is 5.05. The number of carbonyl (C=O) groups is 1. The first-order chi connectivity index (χ1) is 13.9. The predicted molar refractivity (Wildman–Crippen MR) is 100 cm³/mol. The van der Waals surface area contributed by atoms with E-state index < -0.39 is 11.7 Å².